The number of halogens is 1. The van der Waals surface area contributed by atoms with E-state index < -0.39 is 0 Å². The van der Waals surface area contributed by atoms with Gasteiger partial charge in [-0.2, -0.15) is 0 Å². The van der Waals surface area contributed by atoms with Gasteiger partial charge in [0.25, 0.3) is 5.56 Å². The number of thiophene rings is 1. The highest BCUT2D eigenvalue weighted by molar-refractivity contribution is 7.99. The highest BCUT2D eigenvalue weighted by Crippen LogP contribution is 2.32. The van der Waals surface area contributed by atoms with Gasteiger partial charge in [0.05, 0.1) is 35.3 Å². The smallest absolute Gasteiger partial charge is 0.267 e. The number of nitrogens with one attached hydrogen (secondary N) is 1. The maximum Gasteiger partial charge on any atom is 0.267 e. The molecule has 5 nitrogen and oxygen atoms in total. The van der Waals surface area contributed by atoms with Crippen LogP contribution in [-0.2, 0) is 13.0 Å². The molecule has 1 aliphatic rings. The van der Waals surface area contributed by atoms with Crippen LogP contribution in [0.1, 0.15) is 20.8 Å². The topological polar surface area (TPSA) is 56.4 Å². The number of rotatable bonds is 5. The number of carbonyl (C=O) groups excluding carboxylic acids is 1. The standard InChI is InChI=1S/C24H20ClN3O2S2/c1-27-12-11-18-20(13-27)32-22-21(18)23(30)28(17-9-7-16(25)8-10-17)24(26-22)31-14-19(29)15-5-3-2-4-6-15/h2-10H,11-14H2,1H3/p+1. The zero-order chi connectivity index (χ0) is 22.2. The Balaban J connectivity index is 1.61. The lowest BCUT2D eigenvalue weighted by molar-refractivity contribution is -0.895. The van der Waals surface area contributed by atoms with Gasteiger partial charge in [-0.1, -0.05) is 53.7 Å². The van der Waals surface area contributed by atoms with Crippen molar-refractivity contribution < 1.29 is 9.69 Å². The number of benzene rings is 2. The first-order valence-electron chi connectivity index (χ1n) is 10.4. The molecule has 162 valence electrons. The number of likely N-dealkylation sites (N-methyl/N-ethyl adjacent to an activating group) is 1. The molecule has 1 atom stereocenters. The summed E-state index contributed by atoms with van der Waals surface area (Å²) in [5.41, 5.74) is 2.40. The molecule has 0 aliphatic carbocycles. The second kappa shape index (κ2) is 8.83. The minimum absolute atomic E-state index is 0.00306. The van der Waals surface area contributed by atoms with Gasteiger partial charge in [-0.15, -0.1) is 11.3 Å². The van der Waals surface area contributed by atoms with E-state index >= 15 is 0 Å². The lowest BCUT2D eigenvalue weighted by Gasteiger charge is -2.19. The maximum absolute atomic E-state index is 13.8. The molecule has 32 heavy (non-hydrogen) atoms. The van der Waals surface area contributed by atoms with Crippen LogP contribution < -0.4 is 10.5 Å². The number of aromatic nitrogens is 2. The number of hydrogen-bond donors (Lipinski definition) is 1. The summed E-state index contributed by atoms with van der Waals surface area (Å²) in [6, 6.07) is 16.3. The Morgan fingerprint density at radius 1 is 1.19 bits per heavy atom. The Bertz CT molecular complexity index is 1360. The normalized spacial score (nSPS) is 15.6. The molecule has 0 fully saturated rings. The third kappa shape index (κ3) is 4.01. The summed E-state index contributed by atoms with van der Waals surface area (Å²) in [5, 5.41) is 1.84. The van der Waals surface area contributed by atoms with Gasteiger partial charge >= 0.3 is 0 Å². The van der Waals surface area contributed by atoms with Gasteiger partial charge in [-0.05, 0) is 29.8 Å². The number of hydrogen-bond acceptors (Lipinski definition) is 5. The molecule has 2 aromatic carbocycles. The molecular formula is C24H21ClN3O2S2+. The average molecular weight is 483 g/mol. The molecule has 2 aromatic heterocycles. The van der Waals surface area contributed by atoms with Crippen molar-refractivity contribution in [3.63, 3.8) is 0 Å². The van der Waals surface area contributed by atoms with Crippen molar-refractivity contribution in [3.05, 3.63) is 86.0 Å². The van der Waals surface area contributed by atoms with Gasteiger partial charge in [-0.25, -0.2) is 4.98 Å². The van der Waals surface area contributed by atoms with Gasteiger partial charge in [-0.3, -0.25) is 14.2 Å². The van der Waals surface area contributed by atoms with Crippen LogP contribution in [0.2, 0.25) is 5.02 Å². The summed E-state index contributed by atoms with van der Waals surface area (Å²) in [4.78, 5) is 34.8. The number of thioether (sulfide) groups is 1. The lowest BCUT2D eigenvalue weighted by atomic mass is 10.1. The molecule has 0 saturated heterocycles. The largest absolute Gasteiger partial charge is 0.333 e. The second-order valence-electron chi connectivity index (χ2n) is 7.91. The molecule has 3 heterocycles. The molecule has 1 N–H and O–H groups in total. The van der Waals surface area contributed by atoms with Crippen molar-refractivity contribution in [3.8, 4) is 5.69 Å². The molecule has 1 aliphatic heterocycles. The number of fused-ring (bicyclic) bond motifs is 3. The van der Waals surface area contributed by atoms with Crippen LogP contribution in [0.4, 0.5) is 0 Å². The molecule has 4 aromatic rings. The summed E-state index contributed by atoms with van der Waals surface area (Å²) in [6.45, 7) is 1.91. The minimum Gasteiger partial charge on any atom is -0.333 e. The van der Waals surface area contributed by atoms with E-state index in [1.807, 2.05) is 30.3 Å². The summed E-state index contributed by atoms with van der Waals surface area (Å²) < 4.78 is 1.62. The summed E-state index contributed by atoms with van der Waals surface area (Å²) in [7, 11) is 2.17. The van der Waals surface area contributed by atoms with Crippen LogP contribution in [-0.4, -0.2) is 34.7 Å². The minimum atomic E-state index is -0.0796. The van der Waals surface area contributed by atoms with Gasteiger partial charge < -0.3 is 4.90 Å². The molecule has 0 amide bonds. The van der Waals surface area contributed by atoms with Crippen LogP contribution in [0.5, 0.6) is 0 Å². The van der Waals surface area contributed by atoms with Gasteiger partial charge in [0.15, 0.2) is 10.9 Å². The van der Waals surface area contributed by atoms with Crippen molar-refractivity contribution in [2.45, 2.75) is 18.1 Å². The van der Waals surface area contributed by atoms with Crippen LogP contribution >= 0.6 is 34.7 Å². The Morgan fingerprint density at radius 2 is 1.94 bits per heavy atom. The monoisotopic (exact) mass is 482 g/mol. The highest BCUT2D eigenvalue weighted by atomic mass is 35.5. The fourth-order valence-corrected chi connectivity index (χ4v) is 6.40. The molecule has 0 radical (unpaired) electrons. The van der Waals surface area contributed by atoms with E-state index in [1.54, 1.807) is 40.2 Å². The van der Waals surface area contributed by atoms with Crippen LogP contribution in [0.15, 0.2) is 64.5 Å². The molecule has 8 heteroatoms. The first kappa shape index (κ1) is 21.4. The number of quaternary nitrogens is 1. The van der Waals surface area contributed by atoms with E-state index in [2.05, 4.69) is 7.05 Å². The van der Waals surface area contributed by atoms with Crippen molar-refractivity contribution in [1.29, 1.82) is 0 Å². The Morgan fingerprint density at radius 3 is 2.69 bits per heavy atom. The van der Waals surface area contributed by atoms with Crippen molar-refractivity contribution >= 4 is 50.7 Å². The molecule has 5 rings (SSSR count). The van der Waals surface area contributed by atoms with Crippen molar-refractivity contribution in [2.75, 3.05) is 19.3 Å². The average Bonchev–Trinajstić information content (AvgIpc) is 3.16. The zero-order valence-electron chi connectivity index (χ0n) is 17.4. The number of carbonyl (C=O) groups is 1. The Labute approximate surface area is 198 Å². The van der Waals surface area contributed by atoms with Gasteiger partial charge in [0.2, 0.25) is 0 Å². The second-order valence-corrected chi connectivity index (χ2v) is 10.4. The van der Waals surface area contributed by atoms with Gasteiger partial charge in [0, 0.05) is 17.0 Å². The quantitative estimate of drug-likeness (QED) is 0.268. The predicted molar refractivity (Wildman–Crippen MR) is 131 cm³/mol. The summed E-state index contributed by atoms with van der Waals surface area (Å²) in [5.74, 6) is 0.205. The Hall–Kier alpha value is -2.45. The van der Waals surface area contributed by atoms with Crippen LogP contribution in [0.3, 0.4) is 0 Å². The van der Waals surface area contributed by atoms with E-state index in [0.717, 1.165) is 29.9 Å². The summed E-state index contributed by atoms with van der Waals surface area (Å²) >= 11 is 8.98. The maximum atomic E-state index is 13.8. The van der Waals surface area contributed by atoms with E-state index in [-0.39, 0.29) is 17.1 Å². The third-order valence-corrected chi connectivity index (χ3v) is 7.97. The number of Topliss-reactive ketones (excluding diaryl/α,β-unsaturated/α-hetero) is 1. The molecule has 0 spiro atoms. The molecule has 0 bridgehead atoms. The SMILES string of the molecule is C[NH+]1CCc2c(sc3nc(SCC(=O)c4ccccc4)n(-c4ccc(Cl)cc4)c(=O)c23)C1. The molecule has 1 unspecified atom stereocenters. The molecular weight excluding hydrogens is 462 g/mol. The molecule has 0 saturated carbocycles. The number of ketones is 1. The zero-order valence-corrected chi connectivity index (χ0v) is 19.8. The van der Waals surface area contributed by atoms with Crippen molar-refractivity contribution in [2.24, 2.45) is 0 Å². The van der Waals surface area contributed by atoms with E-state index in [9.17, 15) is 9.59 Å². The first-order valence-corrected chi connectivity index (χ1v) is 12.5. The Kier molecular flexibility index (Phi) is 5.90. The van der Waals surface area contributed by atoms with Crippen molar-refractivity contribution in [1.82, 2.24) is 9.55 Å². The fraction of sp³-hybridized carbons (Fsp3) is 0.208. The fourth-order valence-electron chi connectivity index (χ4n) is 3.99. The summed E-state index contributed by atoms with van der Waals surface area (Å²) in [6.07, 6.45) is 0.873. The van der Waals surface area contributed by atoms with E-state index in [1.165, 1.54) is 21.5 Å². The highest BCUT2D eigenvalue weighted by Gasteiger charge is 2.26. The lowest BCUT2D eigenvalue weighted by Crippen LogP contribution is -3.08. The van der Waals surface area contributed by atoms with Crippen LogP contribution in [0, 0.1) is 0 Å². The first-order chi connectivity index (χ1) is 15.5. The van der Waals surface area contributed by atoms with Gasteiger partial charge in [0.1, 0.15) is 11.4 Å². The number of nitrogens with zero attached hydrogens (tertiary/aromatic N) is 2. The van der Waals surface area contributed by atoms with E-state index in [4.69, 9.17) is 16.6 Å². The van der Waals surface area contributed by atoms with E-state index in [0.29, 0.717) is 26.8 Å². The predicted octanol–water partition coefficient (Wildman–Crippen LogP) is 3.65. The third-order valence-electron chi connectivity index (χ3n) is 5.65. The van der Waals surface area contributed by atoms with Crippen LogP contribution in [0.25, 0.3) is 15.9 Å².